The monoisotopic (exact) mass is 333 g/mol. The van der Waals surface area contributed by atoms with Gasteiger partial charge in [-0.05, 0) is 44.5 Å². The molecule has 0 atom stereocenters. The lowest BCUT2D eigenvalue weighted by Gasteiger charge is -2.31. The molecule has 3 rings (SSSR count). The molecule has 0 bridgehead atoms. The molecule has 1 amide bonds. The summed E-state index contributed by atoms with van der Waals surface area (Å²) in [6.07, 6.45) is 2.03. The van der Waals surface area contributed by atoms with E-state index in [-0.39, 0.29) is 11.7 Å². The predicted molar refractivity (Wildman–Crippen MR) is 89.5 cm³/mol. The fourth-order valence-corrected chi connectivity index (χ4v) is 3.13. The Labute approximate surface area is 140 Å². The van der Waals surface area contributed by atoms with Crippen LogP contribution < -0.4 is 5.32 Å². The molecule has 1 aliphatic rings. The van der Waals surface area contributed by atoms with Gasteiger partial charge in [-0.1, -0.05) is 28.9 Å². The number of piperidine rings is 1. The normalized spacial score (nSPS) is 15.8. The molecule has 0 saturated carbocycles. The highest BCUT2D eigenvalue weighted by molar-refractivity contribution is 6.30. The molecule has 1 N–H and O–H groups in total. The summed E-state index contributed by atoms with van der Waals surface area (Å²) in [5.41, 5.74) is 1.47. The first-order valence-corrected chi connectivity index (χ1v) is 8.21. The zero-order chi connectivity index (χ0) is 16.2. The summed E-state index contributed by atoms with van der Waals surface area (Å²) in [6, 6.07) is 9.03. The Balaban J connectivity index is 1.67. The first kappa shape index (κ1) is 16.0. The van der Waals surface area contributed by atoms with Gasteiger partial charge in [0, 0.05) is 29.7 Å². The van der Waals surface area contributed by atoms with E-state index in [0.717, 1.165) is 38.0 Å². The van der Waals surface area contributed by atoms with Gasteiger partial charge in [0.2, 0.25) is 5.76 Å². The van der Waals surface area contributed by atoms with Crippen molar-refractivity contribution in [1.29, 1.82) is 0 Å². The number of hydrogen-bond acceptors (Lipinski definition) is 4. The van der Waals surface area contributed by atoms with E-state index in [4.69, 9.17) is 16.1 Å². The zero-order valence-electron chi connectivity index (χ0n) is 13.1. The van der Waals surface area contributed by atoms with Crippen molar-refractivity contribution in [3.63, 3.8) is 0 Å². The molecule has 5 nitrogen and oxygen atoms in total. The number of nitrogens with one attached hydrogen (secondary N) is 1. The Morgan fingerprint density at radius 2 is 2.17 bits per heavy atom. The molecule has 6 heteroatoms. The van der Waals surface area contributed by atoms with Crippen LogP contribution in [0, 0.1) is 5.92 Å². The van der Waals surface area contributed by atoms with Crippen molar-refractivity contribution in [3.8, 4) is 11.3 Å². The van der Waals surface area contributed by atoms with Gasteiger partial charge >= 0.3 is 0 Å². The maximum atomic E-state index is 12.5. The Kier molecular flexibility index (Phi) is 4.98. The number of carbonyl (C=O) groups is 1. The third kappa shape index (κ3) is 3.74. The highest BCUT2D eigenvalue weighted by Gasteiger charge is 2.26. The molecule has 1 fully saturated rings. The van der Waals surface area contributed by atoms with Crippen molar-refractivity contribution >= 4 is 17.5 Å². The number of aromatic nitrogens is 1. The smallest absolute Gasteiger partial charge is 0.292 e. The SMILES string of the molecule is CNCC1CCN(C(=O)c2cc(-c3cccc(Cl)c3)no2)CC1. The van der Waals surface area contributed by atoms with Crippen LogP contribution in [0.15, 0.2) is 34.9 Å². The highest BCUT2D eigenvalue weighted by atomic mass is 35.5. The van der Waals surface area contributed by atoms with Crippen molar-refractivity contribution < 1.29 is 9.32 Å². The summed E-state index contributed by atoms with van der Waals surface area (Å²) in [6.45, 7) is 2.53. The van der Waals surface area contributed by atoms with E-state index in [1.165, 1.54) is 0 Å². The van der Waals surface area contributed by atoms with E-state index in [1.807, 2.05) is 24.1 Å². The summed E-state index contributed by atoms with van der Waals surface area (Å²) in [7, 11) is 1.96. The van der Waals surface area contributed by atoms with Gasteiger partial charge in [-0.3, -0.25) is 4.79 Å². The first-order valence-electron chi connectivity index (χ1n) is 7.84. The summed E-state index contributed by atoms with van der Waals surface area (Å²) in [4.78, 5) is 14.4. The molecule has 2 aromatic rings. The van der Waals surface area contributed by atoms with Crippen LogP contribution in [0.4, 0.5) is 0 Å². The van der Waals surface area contributed by atoms with Gasteiger partial charge in [-0.25, -0.2) is 0 Å². The lowest BCUT2D eigenvalue weighted by Crippen LogP contribution is -2.40. The molecule has 122 valence electrons. The van der Waals surface area contributed by atoms with Gasteiger partial charge in [0.15, 0.2) is 0 Å². The van der Waals surface area contributed by atoms with Crippen LogP contribution >= 0.6 is 11.6 Å². The van der Waals surface area contributed by atoms with Crippen LogP contribution in [0.5, 0.6) is 0 Å². The second-order valence-corrected chi connectivity index (χ2v) is 6.32. The first-order chi connectivity index (χ1) is 11.2. The van der Waals surface area contributed by atoms with E-state index < -0.39 is 0 Å². The van der Waals surface area contributed by atoms with Crippen LogP contribution in [0.2, 0.25) is 5.02 Å². The largest absolute Gasteiger partial charge is 0.350 e. The van der Waals surface area contributed by atoms with Gasteiger partial charge < -0.3 is 14.7 Å². The average molecular weight is 334 g/mol. The number of amides is 1. The predicted octanol–water partition coefficient (Wildman–Crippen LogP) is 3.07. The quantitative estimate of drug-likeness (QED) is 0.934. The van der Waals surface area contributed by atoms with Crippen LogP contribution in [0.25, 0.3) is 11.3 Å². The van der Waals surface area contributed by atoms with Crippen molar-refractivity contribution in [2.24, 2.45) is 5.92 Å². The van der Waals surface area contributed by atoms with Crippen LogP contribution in [0.1, 0.15) is 23.4 Å². The van der Waals surface area contributed by atoms with E-state index in [1.54, 1.807) is 18.2 Å². The van der Waals surface area contributed by atoms with E-state index in [9.17, 15) is 4.79 Å². The van der Waals surface area contributed by atoms with Gasteiger partial charge in [-0.2, -0.15) is 0 Å². The van der Waals surface area contributed by atoms with Gasteiger partial charge in [0.1, 0.15) is 5.69 Å². The van der Waals surface area contributed by atoms with Crippen LogP contribution in [-0.2, 0) is 0 Å². The van der Waals surface area contributed by atoms with Crippen molar-refractivity contribution in [2.45, 2.75) is 12.8 Å². The van der Waals surface area contributed by atoms with Gasteiger partial charge in [0.05, 0.1) is 0 Å². The zero-order valence-corrected chi connectivity index (χ0v) is 13.8. The summed E-state index contributed by atoms with van der Waals surface area (Å²) < 4.78 is 5.25. The van der Waals surface area contributed by atoms with Crippen molar-refractivity contribution in [3.05, 3.63) is 41.1 Å². The number of nitrogens with zero attached hydrogens (tertiary/aromatic N) is 2. The minimum atomic E-state index is -0.0892. The number of rotatable bonds is 4. The second kappa shape index (κ2) is 7.15. The van der Waals surface area contributed by atoms with Gasteiger partial charge in [-0.15, -0.1) is 0 Å². The number of halogens is 1. The molecular formula is C17H20ClN3O2. The minimum absolute atomic E-state index is 0.0892. The third-order valence-corrected chi connectivity index (χ3v) is 4.47. The lowest BCUT2D eigenvalue weighted by atomic mass is 9.96. The molecule has 1 aromatic heterocycles. The molecule has 0 unspecified atom stereocenters. The topological polar surface area (TPSA) is 58.4 Å². The molecule has 1 saturated heterocycles. The summed E-state index contributed by atoms with van der Waals surface area (Å²) in [5.74, 6) is 0.835. The Bertz CT molecular complexity index is 678. The Morgan fingerprint density at radius 1 is 1.39 bits per heavy atom. The number of hydrogen-bond donors (Lipinski definition) is 1. The van der Waals surface area contributed by atoms with E-state index in [2.05, 4.69) is 10.5 Å². The summed E-state index contributed by atoms with van der Waals surface area (Å²) >= 11 is 5.99. The Hall–Kier alpha value is -1.85. The Morgan fingerprint density at radius 3 is 2.87 bits per heavy atom. The molecule has 0 spiro atoms. The number of carbonyl (C=O) groups excluding carboxylic acids is 1. The molecule has 0 radical (unpaired) electrons. The molecule has 2 heterocycles. The standard InChI is InChI=1S/C17H20ClN3O2/c1-19-11-12-5-7-21(8-6-12)17(22)16-10-15(20-23-16)13-3-2-4-14(18)9-13/h2-4,9-10,12,19H,5-8,11H2,1H3. The van der Waals surface area contributed by atoms with E-state index in [0.29, 0.717) is 16.6 Å². The summed E-state index contributed by atoms with van der Waals surface area (Å²) in [5, 5.41) is 7.82. The van der Waals surface area contributed by atoms with Crippen molar-refractivity contribution in [1.82, 2.24) is 15.4 Å². The fraction of sp³-hybridized carbons (Fsp3) is 0.412. The molecule has 1 aliphatic heterocycles. The van der Waals surface area contributed by atoms with Crippen LogP contribution in [0.3, 0.4) is 0 Å². The maximum absolute atomic E-state index is 12.5. The second-order valence-electron chi connectivity index (χ2n) is 5.88. The molecule has 1 aromatic carbocycles. The van der Waals surface area contributed by atoms with E-state index >= 15 is 0 Å². The number of likely N-dealkylation sites (tertiary alicyclic amines) is 1. The molecular weight excluding hydrogens is 314 g/mol. The average Bonchev–Trinajstić information content (AvgIpc) is 3.05. The molecule has 23 heavy (non-hydrogen) atoms. The highest BCUT2D eigenvalue weighted by Crippen LogP contribution is 2.24. The van der Waals surface area contributed by atoms with Gasteiger partial charge in [0.25, 0.3) is 5.91 Å². The minimum Gasteiger partial charge on any atom is -0.350 e. The van der Waals surface area contributed by atoms with Crippen molar-refractivity contribution in [2.75, 3.05) is 26.7 Å². The fourth-order valence-electron chi connectivity index (χ4n) is 2.94. The number of benzene rings is 1. The third-order valence-electron chi connectivity index (χ3n) is 4.24. The molecule has 0 aliphatic carbocycles. The lowest BCUT2D eigenvalue weighted by molar-refractivity contribution is 0.0649. The van der Waals surface area contributed by atoms with Crippen LogP contribution in [-0.4, -0.2) is 42.6 Å². The maximum Gasteiger partial charge on any atom is 0.292 e.